The molecule has 0 bridgehead atoms. The highest BCUT2D eigenvalue weighted by molar-refractivity contribution is 4.93. The van der Waals surface area contributed by atoms with Crippen LogP contribution in [0.3, 0.4) is 0 Å². The first-order valence-electron chi connectivity index (χ1n) is 12.7. The van der Waals surface area contributed by atoms with Crippen LogP contribution in [0.2, 0.25) is 0 Å². The first-order chi connectivity index (χ1) is 15.5. The number of halogens is 1. The van der Waals surface area contributed by atoms with E-state index < -0.39 is 12.4 Å². The number of hydrogen-bond donors (Lipinski definition) is 8. The Kier molecular flexibility index (Phi) is 9.11. The predicted octanol–water partition coefficient (Wildman–Crippen LogP) is -1.02. The molecule has 0 radical (unpaired) electrons. The topological polar surface area (TPSA) is 108 Å². The zero-order valence-corrected chi connectivity index (χ0v) is 19.7. The van der Waals surface area contributed by atoms with Crippen molar-refractivity contribution in [3.63, 3.8) is 0 Å². The molecule has 10 heteroatoms. The SMILES string of the molecule is CC(O)NCC1CN(C2CC(NC3CNCCN3)NC(N[C@@H](C)C3CCC(F)CC3)N2)C1. The first-order valence-corrected chi connectivity index (χ1v) is 12.7. The van der Waals surface area contributed by atoms with Gasteiger partial charge in [0.2, 0.25) is 0 Å². The van der Waals surface area contributed by atoms with Crippen LogP contribution in [0.25, 0.3) is 0 Å². The molecule has 4 fully saturated rings. The third-order valence-electron chi connectivity index (χ3n) is 7.60. The number of aliphatic hydroxyl groups excluding tert-OH is 1. The van der Waals surface area contributed by atoms with Gasteiger partial charge < -0.3 is 10.4 Å². The molecule has 1 aliphatic carbocycles. The minimum Gasteiger partial charge on any atom is -0.379 e. The van der Waals surface area contributed by atoms with E-state index in [-0.39, 0.29) is 18.6 Å². The summed E-state index contributed by atoms with van der Waals surface area (Å²) in [5.74, 6) is 1.11. The Labute approximate surface area is 192 Å². The average molecular weight is 457 g/mol. The summed E-state index contributed by atoms with van der Waals surface area (Å²) in [4.78, 5) is 2.50. The van der Waals surface area contributed by atoms with Gasteiger partial charge in [-0.2, -0.15) is 0 Å². The molecule has 3 aliphatic heterocycles. The number of likely N-dealkylation sites (tertiary alicyclic amines) is 1. The van der Waals surface area contributed by atoms with Gasteiger partial charge in [0.05, 0.1) is 18.5 Å². The van der Waals surface area contributed by atoms with E-state index in [0.717, 1.165) is 58.5 Å². The molecule has 0 amide bonds. The highest BCUT2D eigenvalue weighted by atomic mass is 19.1. The minimum atomic E-state index is -0.610. The molecular formula is C22H45FN8O. The number of hydrogen-bond acceptors (Lipinski definition) is 9. The molecule has 0 aromatic rings. The van der Waals surface area contributed by atoms with Gasteiger partial charge in [0.25, 0.3) is 0 Å². The van der Waals surface area contributed by atoms with Crippen molar-refractivity contribution < 1.29 is 9.50 Å². The van der Waals surface area contributed by atoms with Crippen LogP contribution in [0.5, 0.6) is 0 Å². The molecule has 0 spiro atoms. The molecular weight excluding hydrogens is 411 g/mol. The molecule has 186 valence electrons. The van der Waals surface area contributed by atoms with E-state index in [1.807, 2.05) is 0 Å². The molecule has 4 aliphatic rings. The Bertz CT molecular complexity index is 552. The summed E-state index contributed by atoms with van der Waals surface area (Å²) >= 11 is 0. The van der Waals surface area contributed by atoms with Gasteiger partial charge in [-0.05, 0) is 51.4 Å². The maximum Gasteiger partial charge on any atom is 0.114 e. The second-order valence-corrected chi connectivity index (χ2v) is 10.3. The lowest BCUT2D eigenvalue weighted by molar-refractivity contribution is -0.0134. The van der Waals surface area contributed by atoms with E-state index in [4.69, 9.17) is 0 Å². The fourth-order valence-electron chi connectivity index (χ4n) is 5.59. The lowest BCUT2D eigenvalue weighted by atomic mass is 9.83. The molecule has 8 N–H and O–H groups in total. The van der Waals surface area contributed by atoms with Gasteiger partial charge in [-0.15, -0.1) is 0 Å². The minimum absolute atomic E-state index is 0.00976. The normalized spacial score (nSPS) is 39.4. The second kappa shape index (κ2) is 11.8. The van der Waals surface area contributed by atoms with Crippen molar-refractivity contribution in [2.45, 2.75) is 89.2 Å². The standard InChI is InChI=1S/C22H45FN8O/c1-14(17-3-5-18(23)6-4-17)27-22-29-19(28-20-11-24-7-8-25-20)9-21(30-22)31-12-16(13-31)10-26-15(2)32/h14-22,24-30,32H,3-13H2,1-2H3/t14-,15?,17?,18?,19?,20?,21?,22?/m0/s1. The van der Waals surface area contributed by atoms with Crippen LogP contribution >= 0.6 is 0 Å². The van der Waals surface area contributed by atoms with Crippen molar-refractivity contribution in [1.82, 2.24) is 42.1 Å². The number of rotatable bonds is 9. The van der Waals surface area contributed by atoms with Crippen molar-refractivity contribution in [3.8, 4) is 0 Å². The summed E-state index contributed by atoms with van der Waals surface area (Å²) in [5, 5.41) is 34.6. The summed E-state index contributed by atoms with van der Waals surface area (Å²) in [6.45, 7) is 9.86. The second-order valence-electron chi connectivity index (χ2n) is 10.3. The third-order valence-corrected chi connectivity index (χ3v) is 7.60. The highest BCUT2D eigenvalue weighted by Crippen LogP contribution is 2.29. The Hall–Kier alpha value is -0.430. The van der Waals surface area contributed by atoms with Crippen LogP contribution in [-0.2, 0) is 0 Å². The Morgan fingerprint density at radius 3 is 2.53 bits per heavy atom. The van der Waals surface area contributed by atoms with E-state index in [0.29, 0.717) is 36.9 Å². The first kappa shape index (κ1) is 24.7. The van der Waals surface area contributed by atoms with E-state index >= 15 is 0 Å². The monoisotopic (exact) mass is 456 g/mol. The van der Waals surface area contributed by atoms with Crippen molar-refractivity contribution in [2.75, 3.05) is 39.3 Å². The molecule has 6 atom stereocenters. The van der Waals surface area contributed by atoms with Gasteiger partial charge in [0.15, 0.2) is 0 Å². The van der Waals surface area contributed by atoms with E-state index in [1.54, 1.807) is 6.92 Å². The van der Waals surface area contributed by atoms with Crippen molar-refractivity contribution >= 4 is 0 Å². The van der Waals surface area contributed by atoms with Crippen LogP contribution in [0, 0.1) is 11.8 Å². The molecule has 5 unspecified atom stereocenters. The lowest BCUT2D eigenvalue weighted by Gasteiger charge is -2.50. The van der Waals surface area contributed by atoms with E-state index in [9.17, 15) is 9.50 Å². The van der Waals surface area contributed by atoms with E-state index in [2.05, 4.69) is 49.0 Å². The summed E-state index contributed by atoms with van der Waals surface area (Å²) in [6, 6.07) is 0.334. The molecule has 9 nitrogen and oxygen atoms in total. The van der Waals surface area contributed by atoms with Crippen molar-refractivity contribution in [1.29, 1.82) is 0 Å². The van der Waals surface area contributed by atoms with Gasteiger partial charge in [-0.25, -0.2) is 4.39 Å². The molecule has 4 rings (SSSR count). The third kappa shape index (κ3) is 7.04. The average Bonchev–Trinajstić information content (AvgIpc) is 2.73. The summed E-state index contributed by atoms with van der Waals surface area (Å²) in [5.41, 5.74) is 0. The molecule has 1 saturated carbocycles. The fraction of sp³-hybridized carbons (Fsp3) is 1.00. The number of alkyl halides is 1. The Morgan fingerprint density at radius 1 is 1.06 bits per heavy atom. The van der Waals surface area contributed by atoms with Gasteiger partial charge in [0.1, 0.15) is 18.7 Å². The highest BCUT2D eigenvalue weighted by Gasteiger charge is 2.38. The lowest BCUT2D eigenvalue weighted by Crippen LogP contribution is -2.75. The predicted molar refractivity (Wildman–Crippen MR) is 124 cm³/mol. The van der Waals surface area contributed by atoms with Crippen LogP contribution in [0.4, 0.5) is 4.39 Å². The summed E-state index contributed by atoms with van der Waals surface area (Å²) in [6.07, 6.45) is 4.01. The van der Waals surface area contributed by atoms with Crippen LogP contribution in [-0.4, -0.2) is 92.5 Å². The van der Waals surface area contributed by atoms with E-state index in [1.165, 1.54) is 0 Å². The zero-order valence-electron chi connectivity index (χ0n) is 19.7. The number of piperazine rings is 1. The van der Waals surface area contributed by atoms with Crippen molar-refractivity contribution in [3.05, 3.63) is 0 Å². The Morgan fingerprint density at radius 2 is 1.84 bits per heavy atom. The van der Waals surface area contributed by atoms with Crippen LogP contribution < -0.4 is 37.2 Å². The van der Waals surface area contributed by atoms with Crippen molar-refractivity contribution in [2.24, 2.45) is 11.8 Å². The molecule has 0 aromatic carbocycles. The maximum atomic E-state index is 13.6. The van der Waals surface area contributed by atoms with Gasteiger partial charge in [-0.3, -0.25) is 36.8 Å². The molecule has 3 saturated heterocycles. The smallest absolute Gasteiger partial charge is 0.114 e. The summed E-state index contributed by atoms with van der Waals surface area (Å²) in [7, 11) is 0. The molecule has 32 heavy (non-hydrogen) atoms. The van der Waals surface area contributed by atoms with Crippen LogP contribution in [0.1, 0.15) is 46.0 Å². The number of nitrogens with zero attached hydrogens (tertiary/aromatic N) is 1. The molecule has 3 heterocycles. The van der Waals surface area contributed by atoms with Gasteiger partial charge >= 0.3 is 0 Å². The summed E-state index contributed by atoms with van der Waals surface area (Å²) < 4.78 is 13.6. The van der Waals surface area contributed by atoms with Gasteiger partial charge in [-0.1, -0.05) is 0 Å². The Balaban J connectivity index is 1.30. The zero-order chi connectivity index (χ0) is 22.5. The largest absolute Gasteiger partial charge is 0.379 e. The quantitative estimate of drug-likeness (QED) is 0.207. The van der Waals surface area contributed by atoms with Crippen LogP contribution in [0.15, 0.2) is 0 Å². The fourth-order valence-corrected chi connectivity index (χ4v) is 5.59. The number of aliphatic hydroxyl groups is 1. The number of nitrogens with one attached hydrogen (secondary N) is 7. The van der Waals surface area contributed by atoms with Gasteiger partial charge in [0, 0.05) is 51.7 Å². The maximum absolute atomic E-state index is 13.6. The molecule has 0 aromatic heterocycles.